The van der Waals surface area contributed by atoms with Crippen molar-refractivity contribution in [2.45, 2.75) is 4.90 Å². The van der Waals surface area contributed by atoms with Crippen LogP contribution in [0, 0.1) is 11.3 Å². The lowest BCUT2D eigenvalue weighted by Crippen LogP contribution is -2.12. The number of hydrogen-bond donors (Lipinski definition) is 1. The summed E-state index contributed by atoms with van der Waals surface area (Å²) in [6.07, 6.45) is 1.55. The molecular formula is C8H7N3OS. The maximum absolute atomic E-state index is 10.4. The molecule has 66 valence electrons. The maximum atomic E-state index is 10.4. The lowest BCUT2D eigenvalue weighted by atomic mass is 10.4. The van der Waals surface area contributed by atoms with Crippen molar-refractivity contribution in [3.8, 4) is 6.07 Å². The number of aromatic nitrogens is 1. The van der Waals surface area contributed by atoms with Gasteiger partial charge in [0.05, 0.1) is 5.75 Å². The molecule has 0 spiro atoms. The molecule has 0 fully saturated rings. The molecule has 5 heteroatoms. The summed E-state index contributed by atoms with van der Waals surface area (Å²) in [7, 11) is 0. The minimum Gasteiger partial charge on any atom is -0.369 e. The highest BCUT2D eigenvalue weighted by molar-refractivity contribution is 8.00. The van der Waals surface area contributed by atoms with Crippen LogP contribution in [0.2, 0.25) is 0 Å². The van der Waals surface area contributed by atoms with Crippen molar-refractivity contribution in [3.63, 3.8) is 0 Å². The van der Waals surface area contributed by atoms with E-state index in [1.54, 1.807) is 18.3 Å². The number of carbonyl (C=O) groups is 1. The lowest BCUT2D eigenvalue weighted by molar-refractivity contribution is -0.115. The van der Waals surface area contributed by atoms with E-state index in [9.17, 15) is 4.79 Å². The normalized spacial score (nSPS) is 9.15. The highest BCUT2D eigenvalue weighted by Crippen LogP contribution is 2.15. The van der Waals surface area contributed by atoms with Gasteiger partial charge in [-0.15, -0.1) is 11.8 Å². The van der Waals surface area contributed by atoms with E-state index in [4.69, 9.17) is 11.0 Å². The van der Waals surface area contributed by atoms with Gasteiger partial charge in [-0.1, -0.05) is 0 Å². The monoisotopic (exact) mass is 193 g/mol. The Morgan fingerprint density at radius 2 is 2.46 bits per heavy atom. The summed E-state index contributed by atoms with van der Waals surface area (Å²) in [6.45, 7) is 0. The molecule has 0 saturated carbocycles. The number of amides is 1. The molecule has 0 aliphatic heterocycles. The molecule has 1 heterocycles. The van der Waals surface area contributed by atoms with Crippen molar-refractivity contribution >= 4 is 17.7 Å². The summed E-state index contributed by atoms with van der Waals surface area (Å²) in [5.74, 6) is -0.137. The standard InChI is InChI=1S/C8H7N3OS/c9-3-6-1-2-7(4-11-6)13-5-8(10)12/h1-2,4H,5H2,(H2,10,12). The first kappa shape index (κ1) is 9.55. The van der Waals surface area contributed by atoms with Crippen molar-refractivity contribution < 1.29 is 4.79 Å². The minimum absolute atomic E-state index is 0.230. The molecule has 0 atom stereocenters. The van der Waals surface area contributed by atoms with Gasteiger partial charge in [0.2, 0.25) is 5.91 Å². The van der Waals surface area contributed by atoms with Crippen LogP contribution in [-0.2, 0) is 4.79 Å². The predicted molar refractivity (Wildman–Crippen MR) is 48.9 cm³/mol. The van der Waals surface area contributed by atoms with Crippen molar-refractivity contribution in [3.05, 3.63) is 24.0 Å². The molecule has 1 aromatic rings. The average Bonchev–Trinajstić information content (AvgIpc) is 2.15. The zero-order valence-corrected chi connectivity index (χ0v) is 7.54. The second-order valence-electron chi connectivity index (χ2n) is 2.25. The van der Waals surface area contributed by atoms with Crippen LogP contribution in [-0.4, -0.2) is 16.6 Å². The van der Waals surface area contributed by atoms with E-state index in [0.29, 0.717) is 5.69 Å². The van der Waals surface area contributed by atoms with Gasteiger partial charge in [0.1, 0.15) is 11.8 Å². The molecule has 0 aliphatic carbocycles. The molecule has 0 aliphatic rings. The Hall–Kier alpha value is -1.54. The number of nitrogens with zero attached hydrogens (tertiary/aromatic N) is 2. The van der Waals surface area contributed by atoms with E-state index in [1.807, 2.05) is 6.07 Å². The number of carbonyl (C=O) groups excluding carboxylic acids is 1. The summed E-state index contributed by atoms with van der Waals surface area (Å²) in [4.78, 5) is 15.1. The SMILES string of the molecule is N#Cc1ccc(SCC(N)=O)cn1. The van der Waals surface area contributed by atoms with Gasteiger partial charge in [-0.05, 0) is 12.1 Å². The Bertz CT molecular complexity index is 341. The molecule has 0 aromatic carbocycles. The number of rotatable bonds is 3. The van der Waals surface area contributed by atoms with Gasteiger partial charge < -0.3 is 5.73 Å². The molecule has 2 N–H and O–H groups in total. The van der Waals surface area contributed by atoms with E-state index in [-0.39, 0.29) is 11.7 Å². The van der Waals surface area contributed by atoms with E-state index in [0.717, 1.165) is 4.90 Å². The van der Waals surface area contributed by atoms with Crippen LogP contribution in [0.1, 0.15) is 5.69 Å². The topological polar surface area (TPSA) is 79.8 Å². The van der Waals surface area contributed by atoms with E-state index in [1.165, 1.54) is 11.8 Å². The van der Waals surface area contributed by atoms with E-state index in [2.05, 4.69) is 4.98 Å². The van der Waals surface area contributed by atoms with Gasteiger partial charge in [0.25, 0.3) is 0 Å². The fourth-order valence-electron chi connectivity index (χ4n) is 0.686. The number of hydrogen-bond acceptors (Lipinski definition) is 4. The summed E-state index contributed by atoms with van der Waals surface area (Å²) in [5, 5.41) is 8.45. The molecule has 0 bridgehead atoms. The second-order valence-corrected chi connectivity index (χ2v) is 3.29. The smallest absolute Gasteiger partial charge is 0.227 e. The third-order valence-corrected chi connectivity index (χ3v) is 2.24. The molecule has 1 aromatic heterocycles. The lowest BCUT2D eigenvalue weighted by Gasteiger charge is -1.96. The number of primary amides is 1. The fourth-order valence-corrected chi connectivity index (χ4v) is 1.29. The Balaban J connectivity index is 2.60. The van der Waals surface area contributed by atoms with Crippen molar-refractivity contribution in [1.82, 2.24) is 4.98 Å². The number of thioether (sulfide) groups is 1. The zero-order chi connectivity index (χ0) is 9.68. The Morgan fingerprint density at radius 1 is 1.69 bits per heavy atom. The van der Waals surface area contributed by atoms with Crippen LogP contribution in [0.3, 0.4) is 0 Å². The van der Waals surface area contributed by atoms with Crippen molar-refractivity contribution in [2.75, 3.05) is 5.75 Å². The maximum Gasteiger partial charge on any atom is 0.227 e. The third-order valence-electron chi connectivity index (χ3n) is 1.23. The van der Waals surface area contributed by atoms with Crippen LogP contribution >= 0.6 is 11.8 Å². The fraction of sp³-hybridized carbons (Fsp3) is 0.125. The molecule has 1 rings (SSSR count). The van der Waals surface area contributed by atoms with Gasteiger partial charge in [0.15, 0.2) is 0 Å². The first-order chi connectivity index (χ1) is 6.22. The predicted octanol–water partition coefficient (Wildman–Crippen LogP) is 0.531. The molecule has 1 amide bonds. The van der Waals surface area contributed by atoms with Crippen LogP contribution in [0.15, 0.2) is 23.2 Å². The van der Waals surface area contributed by atoms with Gasteiger partial charge in [0, 0.05) is 11.1 Å². The molecule has 0 radical (unpaired) electrons. The number of pyridine rings is 1. The molecule has 0 saturated heterocycles. The second kappa shape index (κ2) is 4.48. The Labute approximate surface area is 79.8 Å². The molecule has 0 unspecified atom stereocenters. The highest BCUT2D eigenvalue weighted by atomic mass is 32.2. The van der Waals surface area contributed by atoms with E-state index >= 15 is 0 Å². The van der Waals surface area contributed by atoms with Gasteiger partial charge in [-0.25, -0.2) is 4.98 Å². The third kappa shape index (κ3) is 3.13. The van der Waals surface area contributed by atoms with Gasteiger partial charge >= 0.3 is 0 Å². The van der Waals surface area contributed by atoms with Crippen LogP contribution in [0.4, 0.5) is 0 Å². The van der Waals surface area contributed by atoms with Crippen molar-refractivity contribution in [2.24, 2.45) is 5.73 Å². The summed E-state index contributed by atoms with van der Waals surface area (Å²) < 4.78 is 0. The summed E-state index contributed by atoms with van der Waals surface area (Å²) in [6, 6.07) is 5.24. The largest absolute Gasteiger partial charge is 0.369 e. The van der Waals surface area contributed by atoms with Crippen molar-refractivity contribution in [1.29, 1.82) is 5.26 Å². The molecule has 13 heavy (non-hydrogen) atoms. The van der Waals surface area contributed by atoms with Crippen LogP contribution in [0.25, 0.3) is 0 Å². The highest BCUT2D eigenvalue weighted by Gasteiger charge is 1.98. The van der Waals surface area contributed by atoms with Crippen LogP contribution in [0.5, 0.6) is 0 Å². The van der Waals surface area contributed by atoms with Crippen LogP contribution < -0.4 is 5.73 Å². The van der Waals surface area contributed by atoms with E-state index < -0.39 is 0 Å². The molecule has 4 nitrogen and oxygen atoms in total. The summed E-state index contributed by atoms with van der Waals surface area (Å²) >= 11 is 1.30. The quantitative estimate of drug-likeness (QED) is 0.710. The zero-order valence-electron chi connectivity index (χ0n) is 6.73. The first-order valence-corrected chi connectivity index (χ1v) is 4.48. The summed E-state index contributed by atoms with van der Waals surface area (Å²) in [5.41, 5.74) is 5.33. The van der Waals surface area contributed by atoms with Gasteiger partial charge in [-0.2, -0.15) is 5.26 Å². The minimum atomic E-state index is -0.366. The Kier molecular flexibility index (Phi) is 3.29. The average molecular weight is 193 g/mol. The molecular weight excluding hydrogens is 186 g/mol. The Morgan fingerprint density at radius 3 is 2.92 bits per heavy atom. The van der Waals surface area contributed by atoms with Gasteiger partial charge in [-0.3, -0.25) is 4.79 Å². The first-order valence-electron chi connectivity index (χ1n) is 3.49. The number of nitriles is 1. The number of nitrogens with two attached hydrogens (primary N) is 1.